The smallest absolute Gasteiger partial charge is 0.294 e. The van der Waals surface area contributed by atoms with Crippen LogP contribution in [0, 0.1) is 20.8 Å². The van der Waals surface area contributed by atoms with Gasteiger partial charge in [0.1, 0.15) is 5.75 Å². The minimum absolute atomic E-state index is 0.0145. The van der Waals surface area contributed by atoms with E-state index in [-0.39, 0.29) is 11.3 Å². The molecule has 1 amide bonds. The quantitative estimate of drug-likeness (QED) is 0.604. The van der Waals surface area contributed by atoms with E-state index in [0.717, 1.165) is 10.6 Å². The van der Waals surface area contributed by atoms with Crippen molar-refractivity contribution in [2.45, 2.75) is 26.8 Å². The van der Waals surface area contributed by atoms with Crippen LogP contribution in [0.15, 0.2) is 59.9 Å². The van der Waals surface area contributed by atoms with Crippen LogP contribution in [0.3, 0.4) is 0 Å². The third-order valence-corrected chi connectivity index (χ3v) is 6.22. The zero-order chi connectivity index (χ0) is 21.6. The molecule has 1 atom stereocenters. The van der Waals surface area contributed by atoms with Gasteiger partial charge in [-0.3, -0.25) is 14.5 Å². The van der Waals surface area contributed by atoms with Crippen LogP contribution in [0.2, 0.25) is 0 Å². The van der Waals surface area contributed by atoms with Crippen molar-refractivity contribution in [2.75, 3.05) is 4.90 Å². The number of aliphatic hydroxyl groups is 1. The van der Waals surface area contributed by atoms with Crippen LogP contribution in [-0.2, 0) is 4.79 Å². The Labute approximate surface area is 177 Å². The molecule has 7 heteroatoms. The number of hydrogen-bond acceptors (Lipinski definition) is 6. The molecule has 1 aliphatic rings. The minimum atomic E-state index is -0.825. The number of carbonyl (C=O) groups excluding carboxylic acids is 2. The van der Waals surface area contributed by atoms with Crippen molar-refractivity contribution in [3.63, 3.8) is 0 Å². The third kappa shape index (κ3) is 3.17. The van der Waals surface area contributed by atoms with E-state index in [0.29, 0.717) is 21.8 Å². The maximum atomic E-state index is 13.5. The number of para-hydroxylation sites is 1. The van der Waals surface area contributed by atoms with E-state index in [4.69, 9.17) is 0 Å². The number of rotatable bonds is 4. The number of hydrogen-bond donors (Lipinski definition) is 2. The van der Waals surface area contributed by atoms with Crippen molar-refractivity contribution < 1.29 is 19.8 Å². The Kier molecular flexibility index (Phi) is 4.91. The summed E-state index contributed by atoms with van der Waals surface area (Å²) in [5, 5.41) is 21.2. The summed E-state index contributed by atoms with van der Waals surface area (Å²) < 4.78 is 0. The zero-order valence-corrected chi connectivity index (χ0v) is 17.5. The van der Waals surface area contributed by atoms with E-state index >= 15 is 0 Å². The molecule has 1 aliphatic heterocycles. The molecule has 0 bridgehead atoms. The predicted octanol–water partition coefficient (Wildman–Crippen LogP) is 4.56. The molecule has 0 fully saturated rings. The number of phenolic OH excluding ortho intramolecular Hbond substituents is 1. The number of aryl methyl sites for hydroxylation is 3. The fourth-order valence-corrected chi connectivity index (χ4v) is 4.63. The molecule has 1 unspecified atom stereocenters. The number of ketones is 1. The summed E-state index contributed by atoms with van der Waals surface area (Å²) in [6, 6.07) is 12.8. The highest BCUT2D eigenvalue weighted by atomic mass is 32.1. The lowest BCUT2D eigenvalue weighted by molar-refractivity contribution is -0.117. The van der Waals surface area contributed by atoms with E-state index in [1.165, 1.54) is 28.4 Å². The molecule has 2 N–H and O–H groups in total. The summed E-state index contributed by atoms with van der Waals surface area (Å²) >= 11 is 1.24. The molecule has 2 heterocycles. The first-order valence-electron chi connectivity index (χ1n) is 9.39. The number of Topliss-reactive ketones (excluding diaryl/α,β-unsaturated/α-hetero) is 1. The van der Waals surface area contributed by atoms with Crippen LogP contribution in [-0.4, -0.2) is 26.9 Å². The lowest BCUT2D eigenvalue weighted by atomic mass is 9.94. The molecule has 2 aromatic carbocycles. The Bertz CT molecular complexity index is 1190. The second-order valence-corrected chi connectivity index (χ2v) is 8.40. The van der Waals surface area contributed by atoms with Gasteiger partial charge < -0.3 is 10.2 Å². The second-order valence-electron chi connectivity index (χ2n) is 7.19. The van der Waals surface area contributed by atoms with Crippen molar-refractivity contribution in [1.29, 1.82) is 0 Å². The molecule has 6 nitrogen and oxygen atoms in total. The number of amides is 1. The molecule has 0 aliphatic carbocycles. The van der Waals surface area contributed by atoms with Gasteiger partial charge in [-0.15, -0.1) is 11.3 Å². The monoisotopic (exact) mass is 420 g/mol. The Balaban J connectivity index is 1.92. The van der Waals surface area contributed by atoms with Crippen LogP contribution in [0.25, 0.3) is 0 Å². The van der Waals surface area contributed by atoms with Crippen LogP contribution in [0.1, 0.15) is 37.5 Å². The highest BCUT2D eigenvalue weighted by molar-refractivity contribution is 7.14. The number of aliphatic hydroxyl groups excluding tert-OH is 1. The lowest BCUT2D eigenvalue weighted by Gasteiger charge is -2.28. The third-order valence-electron chi connectivity index (χ3n) is 5.15. The summed E-state index contributed by atoms with van der Waals surface area (Å²) in [5.41, 5.74) is 2.62. The average Bonchev–Trinajstić information content (AvgIpc) is 3.18. The van der Waals surface area contributed by atoms with Crippen molar-refractivity contribution >= 4 is 28.7 Å². The number of carbonyl (C=O) groups is 2. The molecule has 0 saturated carbocycles. The topological polar surface area (TPSA) is 90.7 Å². The molecule has 1 aromatic heterocycles. The molecule has 0 saturated heterocycles. The SMILES string of the molecule is Cc1nc(C)c(C(=O)C2=C(O)C(=O)N(c3ccccc3C)C2c2ccc(O)cc2)s1. The Hall–Kier alpha value is -3.45. The summed E-state index contributed by atoms with van der Waals surface area (Å²) in [7, 11) is 0. The van der Waals surface area contributed by atoms with Crippen molar-refractivity contribution in [3.05, 3.63) is 86.6 Å². The molecule has 3 aromatic rings. The standard InChI is InChI=1S/C23H20N2O4S/c1-12-6-4-5-7-17(12)25-19(15-8-10-16(26)11-9-15)18(21(28)23(25)29)20(27)22-13(2)24-14(3)30-22/h4-11,19,26,28H,1-3H3. The number of thiazole rings is 1. The fraction of sp³-hybridized carbons (Fsp3) is 0.174. The average molecular weight is 420 g/mol. The van der Waals surface area contributed by atoms with E-state index in [9.17, 15) is 19.8 Å². The van der Waals surface area contributed by atoms with E-state index in [1.54, 1.807) is 38.1 Å². The van der Waals surface area contributed by atoms with E-state index < -0.39 is 23.5 Å². The summed E-state index contributed by atoms with van der Waals surface area (Å²) in [6.45, 7) is 5.41. The molecule has 152 valence electrons. The normalized spacial score (nSPS) is 16.4. The van der Waals surface area contributed by atoms with Crippen LogP contribution in [0.4, 0.5) is 5.69 Å². The van der Waals surface area contributed by atoms with Crippen LogP contribution in [0.5, 0.6) is 5.75 Å². The molecular weight excluding hydrogens is 400 g/mol. The fourth-order valence-electron chi connectivity index (χ4n) is 3.76. The first-order chi connectivity index (χ1) is 14.3. The van der Waals surface area contributed by atoms with Gasteiger partial charge in [-0.2, -0.15) is 0 Å². The molecule has 0 radical (unpaired) electrons. The first kappa shape index (κ1) is 19.8. The highest BCUT2D eigenvalue weighted by Gasteiger charge is 2.45. The lowest BCUT2D eigenvalue weighted by Crippen LogP contribution is -2.31. The number of nitrogens with zero attached hydrogens (tertiary/aromatic N) is 2. The number of aromatic nitrogens is 1. The van der Waals surface area contributed by atoms with Gasteiger partial charge in [-0.25, -0.2) is 4.98 Å². The molecule has 4 rings (SSSR count). The Morgan fingerprint density at radius 3 is 2.30 bits per heavy atom. The summed E-state index contributed by atoms with van der Waals surface area (Å²) in [6.07, 6.45) is 0. The number of benzene rings is 2. The van der Waals surface area contributed by atoms with Gasteiger partial charge in [-0.1, -0.05) is 30.3 Å². The van der Waals surface area contributed by atoms with Gasteiger partial charge in [0, 0.05) is 5.69 Å². The van der Waals surface area contributed by atoms with Crippen molar-refractivity contribution in [1.82, 2.24) is 4.98 Å². The first-order valence-corrected chi connectivity index (χ1v) is 10.2. The molecular formula is C23H20N2O4S. The van der Waals surface area contributed by atoms with Gasteiger partial charge in [0.05, 0.1) is 27.2 Å². The Morgan fingerprint density at radius 2 is 1.70 bits per heavy atom. The summed E-state index contributed by atoms with van der Waals surface area (Å²) in [5.74, 6) is -1.55. The number of anilines is 1. The highest BCUT2D eigenvalue weighted by Crippen LogP contribution is 2.43. The van der Waals surface area contributed by atoms with Crippen molar-refractivity contribution in [2.24, 2.45) is 0 Å². The Morgan fingerprint density at radius 1 is 1.03 bits per heavy atom. The maximum Gasteiger partial charge on any atom is 0.294 e. The van der Waals surface area contributed by atoms with Gasteiger partial charge in [0.25, 0.3) is 5.91 Å². The van der Waals surface area contributed by atoms with Crippen LogP contribution < -0.4 is 4.90 Å². The van der Waals surface area contributed by atoms with Gasteiger partial charge in [-0.05, 0) is 50.1 Å². The molecule has 0 spiro atoms. The zero-order valence-electron chi connectivity index (χ0n) is 16.7. The second kappa shape index (κ2) is 7.42. The van der Waals surface area contributed by atoms with Gasteiger partial charge in [0.2, 0.25) is 5.78 Å². The van der Waals surface area contributed by atoms with E-state index in [1.807, 2.05) is 19.1 Å². The number of phenols is 1. The predicted molar refractivity (Wildman–Crippen MR) is 115 cm³/mol. The van der Waals surface area contributed by atoms with Gasteiger partial charge >= 0.3 is 0 Å². The van der Waals surface area contributed by atoms with Gasteiger partial charge in [0.15, 0.2) is 5.76 Å². The molecule has 30 heavy (non-hydrogen) atoms. The number of aromatic hydroxyl groups is 1. The summed E-state index contributed by atoms with van der Waals surface area (Å²) in [4.78, 5) is 32.8. The van der Waals surface area contributed by atoms with Crippen molar-refractivity contribution in [3.8, 4) is 5.75 Å². The maximum absolute atomic E-state index is 13.5. The van der Waals surface area contributed by atoms with E-state index in [2.05, 4.69) is 4.98 Å². The van der Waals surface area contributed by atoms with Crippen LogP contribution >= 0.6 is 11.3 Å². The largest absolute Gasteiger partial charge is 0.508 e. The minimum Gasteiger partial charge on any atom is -0.508 e.